The molecule has 2 rings (SSSR count). The lowest BCUT2D eigenvalue weighted by atomic mass is 9.92. The first kappa shape index (κ1) is 21.2. The van der Waals surface area contributed by atoms with Gasteiger partial charge in [0.1, 0.15) is 0 Å². The molecular weight excluding hydrogens is 326 g/mol. The minimum absolute atomic E-state index is 0.189. The Kier molecular flexibility index (Phi) is 8.89. The first-order valence-corrected chi connectivity index (χ1v) is 10.8. The molecule has 2 aliphatic rings. The predicted molar refractivity (Wildman–Crippen MR) is 106 cm³/mol. The highest BCUT2D eigenvalue weighted by Crippen LogP contribution is 2.24. The molecule has 5 nitrogen and oxygen atoms in total. The van der Waals surface area contributed by atoms with Crippen molar-refractivity contribution in [2.75, 3.05) is 32.7 Å². The zero-order valence-corrected chi connectivity index (χ0v) is 17.1. The zero-order valence-electron chi connectivity index (χ0n) is 17.1. The Morgan fingerprint density at radius 2 is 1.69 bits per heavy atom. The Morgan fingerprint density at radius 3 is 2.27 bits per heavy atom. The molecule has 0 bridgehead atoms. The Labute approximate surface area is 159 Å². The Morgan fingerprint density at radius 1 is 1.04 bits per heavy atom. The molecule has 0 spiro atoms. The summed E-state index contributed by atoms with van der Waals surface area (Å²) in [7, 11) is 0. The number of hydrogen-bond acceptors (Lipinski definition) is 3. The largest absolute Gasteiger partial charge is 0.356 e. The van der Waals surface area contributed by atoms with Gasteiger partial charge in [0, 0.05) is 38.0 Å². The van der Waals surface area contributed by atoms with Crippen LogP contribution in [-0.4, -0.2) is 60.4 Å². The first-order chi connectivity index (χ1) is 12.5. The van der Waals surface area contributed by atoms with E-state index in [0.29, 0.717) is 24.3 Å². The first-order valence-electron chi connectivity index (χ1n) is 10.8. The molecule has 0 saturated carbocycles. The maximum atomic E-state index is 12.3. The van der Waals surface area contributed by atoms with E-state index in [9.17, 15) is 9.59 Å². The monoisotopic (exact) mass is 365 g/mol. The molecule has 5 heteroatoms. The summed E-state index contributed by atoms with van der Waals surface area (Å²) in [6, 6.07) is 0.593. The van der Waals surface area contributed by atoms with Crippen molar-refractivity contribution >= 4 is 11.8 Å². The molecule has 2 fully saturated rings. The van der Waals surface area contributed by atoms with Gasteiger partial charge in [0.05, 0.1) is 0 Å². The average Bonchev–Trinajstić information content (AvgIpc) is 2.66. The summed E-state index contributed by atoms with van der Waals surface area (Å²) in [6.07, 6.45) is 7.98. The van der Waals surface area contributed by atoms with Gasteiger partial charge in [0.25, 0.3) is 0 Å². The predicted octanol–water partition coefficient (Wildman–Crippen LogP) is 3.04. The number of nitrogens with one attached hydrogen (secondary N) is 1. The lowest BCUT2D eigenvalue weighted by molar-refractivity contribution is -0.133. The van der Waals surface area contributed by atoms with Gasteiger partial charge in [-0.3, -0.25) is 9.59 Å². The molecule has 0 aromatic carbocycles. The SMILES string of the molecule is CCCCC(=O)N1CCC(N2CCC(C(=O)NCCC(C)C)CC2)CC1. The second kappa shape index (κ2) is 10.9. The fourth-order valence-corrected chi connectivity index (χ4v) is 4.12. The fourth-order valence-electron chi connectivity index (χ4n) is 4.12. The van der Waals surface area contributed by atoms with E-state index in [2.05, 4.69) is 35.9 Å². The van der Waals surface area contributed by atoms with Crippen LogP contribution in [0.3, 0.4) is 0 Å². The van der Waals surface area contributed by atoms with Crippen molar-refractivity contribution in [2.45, 2.75) is 78.2 Å². The highest BCUT2D eigenvalue weighted by molar-refractivity contribution is 5.78. The maximum absolute atomic E-state index is 12.3. The van der Waals surface area contributed by atoms with Gasteiger partial charge in [-0.2, -0.15) is 0 Å². The van der Waals surface area contributed by atoms with Gasteiger partial charge in [-0.1, -0.05) is 27.2 Å². The lowest BCUT2D eigenvalue weighted by Gasteiger charge is -2.41. The van der Waals surface area contributed by atoms with Crippen LogP contribution in [0.2, 0.25) is 0 Å². The fraction of sp³-hybridized carbons (Fsp3) is 0.905. The molecule has 2 saturated heterocycles. The van der Waals surface area contributed by atoms with Gasteiger partial charge in [0.2, 0.25) is 11.8 Å². The number of unbranched alkanes of at least 4 members (excludes halogenated alkanes) is 1. The van der Waals surface area contributed by atoms with Crippen LogP contribution >= 0.6 is 0 Å². The molecule has 150 valence electrons. The lowest BCUT2D eigenvalue weighted by Crippen LogP contribution is -2.50. The number of rotatable bonds is 8. The number of amides is 2. The summed E-state index contributed by atoms with van der Waals surface area (Å²) >= 11 is 0. The minimum atomic E-state index is 0.189. The van der Waals surface area contributed by atoms with E-state index in [0.717, 1.165) is 77.7 Å². The number of hydrogen-bond donors (Lipinski definition) is 1. The topological polar surface area (TPSA) is 52.7 Å². The second-order valence-electron chi connectivity index (χ2n) is 8.50. The molecule has 2 amide bonds. The van der Waals surface area contributed by atoms with Crippen LogP contribution in [-0.2, 0) is 9.59 Å². The third-order valence-corrected chi connectivity index (χ3v) is 6.00. The Balaban J connectivity index is 1.66. The number of carbonyl (C=O) groups excluding carboxylic acids is 2. The summed E-state index contributed by atoms with van der Waals surface area (Å²) in [5, 5.41) is 3.11. The van der Waals surface area contributed by atoms with Crippen LogP contribution in [0, 0.1) is 11.8 Å². The number of likely N-dealkylation sites (tertiary alicyclic amines) is 2. The van der Waals surface area contributed by atoms with Crippen molar-refractivity contribution in [2.24, 2.45) is 11.8 Å². The van der Waals surface area contributed by atoms with Crippen molar-refractivity contribution in [3.63, 3.8) is 0 Å². The van der Waals surface area contributed by atoms with Crippen molar-refractivity contribution in [1.82, 2.24) is 15.1 Å². The van der Waals surface area contributed by atoms with Gasteiger partial charge in [0.15, 0.2) is 0 Å². The normalized spacial score (nSPS) is 20.5. The summed E-state index contributed by atoms with van der Waals surface area (Å²) in [6.45, 7) is 11.2. The van der Waals surface area contributed by atoms with E-state index in [-0.39, 0.29) is 11.8 Å². The summed E-state index contributed by atoms with van der Waals surface area (Å²) in [4.78, 5) is 29.1. The third-order valence-electron chi connectivity index (χ3n) is 6.00. The van der Waals surface area contributed by atoms with E-state index < -0.39 is 0 Å². The molecule has 1 N–H and O–H groups in total. The summed E-state index contributed by atoms with van der Waals surface area (Å²) in [5.41, 5.74) is 0. The average molecular weight is 366 g/mol. The van der Waals surface area contributed by atoms with Gasteiger partial charge < -0.3 is 15.1 Å². The molecule has 0 aliphatic carbocycles. The van der Waals surface area contributed by atoms with Crippen LogP contribution < -0.4 is 5.32 Å². The quantitative estimate of drug-likeness (QED) is 0.719. The Bertz CT molecular complexity index is 437. The zero-order chi connectivity index (χ0) is 18.9. The van der Waals surface area contributed by atoms with Crippen molar-refractivity contribution < 1.29 is 9.59 Å². The molecule has 2 aliphatic heterocycles. The number of nitrogens with zero attached hydrogens (tertiary/aromatic N) is 2. The molecule has 0 aromatic rings. The van der Waals surface area contributed by atoms with Crippen molar-refractivity contribution in [1.29, 1.82) is 0 Å². The summed E-state index contributed by atoms with van der Waals surface area (Å²) < 4.78 is 0. The highest BCUT2D eigenvalue weighted by Gasteiger charge is 2.31. The second-order valence-corrected chi connectivity index (χ2v) is 8.50. The minimum Gasteiger partial charge on any atom is -0.356 e. The van der Waals surface area contributed by atoms with Gasteiger partial charge in [-0.25, -0.2) is 0 Å². The van der Waals surface area contributed by atoms with Crippen LogP contribution in [0.5, 0.6) is 0 Å². The van der Waals surface area contributed by atoms with E-state index in [1.807, 2.05) is 0 Å². The van der Waals surface area contributed by atoms with Gasteiger partial charge in [-0.15, -0.1) is 0 Å². The van der Waals surface area contributed by atoms with Crippen LogP contribution in [0.4, 0.5) is 0 Å². The molecule has 0 aromatic heterocycles. The molecule has 26 heavy (non-hydrogen) atoms. The van der Waals surface area contributed by atoms with E-state index in [1.54, 1.807) is 0 Å². The molecule has 2 heterocycles. The van der Waals surface area contributed by atoms with E-state index in [4.69, 9.17) is 0 Å². The van der Waals surface area contributed by atoms with E-state index in [1.165, 1.54) is 0 Å². The maximum Gasteiger partial charge on any atom is 0.223 e. The van der Waals surface area contributed by atoms with Crippen molar-refractivity contribution in [3.05, 3.63) is 0 Å². The standard InChI is InChI=1S/C21H39N3O2/c1-4-5-6-20(25)24-15-10-19(11-16-24)23-13-8-18(9-14-23)21(26)22-12-7-17(2)3/h17-19H,4-16H2,1-3H3,(H,22,26). The smallest absolute Gasteiger partial charge is 0.223 e. The molecule has 0 unspecified atom stereocenters. The van der Waals surface area contributed by atoms with E-state index >= 15 is 0 Å². The highest BCUT2D eigenvalue weighted by atomic mass is 16.2. The van der Waals surface area contributed by atoms with Gasteiger partial charge in [-0.05, 0) is 57.5 Å². The molecule has 0 atom stereocenters. The van der Waals surface area contributed by atoms with Crippen molar-refractivity contribution in [3.8, 4) is 0 Å². The Hall–Kier alpha value is -1.10. The molecular formula is C21H39N3O2. The third kappa shape index (κ3) is 6.57. The molecule has 0 radical (unpaired) electrons. The number of carbonyl (C=O) groups is 2. The van der Waals surface area contributed by atoms with Gasteiger partial charge >= 0.3 is 0 Å². The number of piperidine rings is 2. The summed E-state index contributed by atoms with van der Waals surface area (Å²) in [5.74, 6) is 1.41. The van der Waals surface area contributed by atoms with Crippen LogP contribution in [0.15, 0.2) is 0 Å². The van der Waals surface area contributed by atoms with Crippen LogP contribution in [0.25, 0.3) is 0 Å². The van der Waals surface area contributed by atoms with Crippen LogP contribution in [0.1, 0.15) is 72.1 Å².